The quantitative estimate of drug-likeness (QED) is 0.886. The lowest BCUT2D eigenvalue weighted by molar-refractivity contribution is 0.289. The molecule has 3 nitrogen and oxygen atoms in total. The molecule has 0 aliphatic rings. The van der Waals surface area contributed by atoms with Gasteiger partial charge in [-0.05, 0) is 12.5 Å². The third-order valence-corrected chi connectivity index (χ3v) is 4.12. The Morgan fingerprint density at radius 3 is 2.94 bits per heavy atom. The number of thioether (sulfide) groups is 1. The summed E-state index contributed by atoms with van der Waals surface area (Å²) in [5, 5.41) is 15.1. The van der Waals surface area contributed by atoms with Crippen LogP contribution in [-0.2, 0) is 12.8 Å². The van der Waals surface area contributed by atoms with Crippen LogP contribution in [0.2, 0.25) is 0 Å². The van der Waals surface area contributed by atoms with Gasteiger partial charge >= 0.3 is 0 Å². The minimum absolute atomic E-state index is 0.261. The number of benzene rings is 1. The van der Waals surface area contributed by atoms with Gasteiger partial charge in [0.2, 0.25) is 0 Å². The van der Waals surface area contributed by atoms with Crippen LogP contribution in [0.15, 0.2) is 24.3 Å². The summed E-state index contributed by atoms with van der Waals surface area (Å²) in [7, 11) is 1.98. The van der Waals surface area contributed by atoms with Gasteiger partial charge in [-0.15, -0.1) is 0 Å². The van der Waals surface area contributed by atoms with Crippen LogP contribution in [0.4, 0.5) is 0 Å². The normalized spacial score (nSPS) is 13.1. The summed E-state index contributed by atoms with van der Waals surface area (Å²) in [6.45, 7) is 2.41. The molecule has 0 amide bonds. The highest BCUT2D eigenvalue weighted by molar-refractivity contribution is 7.99. The molecule has 0 saturated carbocycles. The second-order valence-electron chi connectivity index (χ2n) is 4.22. The summed E-state index contributed by atoms with van der Waals surface area (Å²) in [4.78, 5) is 0. The van der Waals surface area contributed by atoms with E-state index in [4.69, 9.17) is 5.11 Å². The van der Waals surface area contributed by atoms with Crippen LogP contribution in [-0.4, -0.2) is 26.7 Å². The van der Waals surface area contributed by atoms with Gasteiger partial charge in [-0.3, -0.25) is 4.68 Å². The first kappa shape index (κ1) is 12.5. The third-order valence-electron chi connectivity index (χ3n) is 2.87. The maximum atomic E-state index is 8.88. The monoisotopic (exact) mass is 250 g/mol. The van der Waals surface area contributed by atoms with Gasteiger partial charge in [0.05, 0.1) is 11.2 Å². The number of aromatic nitrogens is 2. The van der Waals surface area contributed by atoms with Gasteiger partial charge in [0, 0.05) is 30.0 Å². The standard InChI is InChI=1S/C13H18N2OS/c1-10(7-8-16)17-9-12-11-5-3-4-6-13(11)15(2)14-12/h3-6,10,16H,7-9H2,1-2H3. The molecule has 0 saturated heterocycles. The molecular weight excluding hydrogens is 232 g/mol. The number of hydrogen-bond acceptors (Lipinski definition) is 3. The van der Waals surface area contributed by atoms with Crippen molar-refractivity contribution in [2.45, 2.75) is 24.3 Å². The highest BCUT2D eigenvalue weighted by Gasteiger charge is 2.09. The maximum Gasteiger partial charge on any atom is 0.0802 e. The molecule has 0 radical (unpaired) electrons. The van der Waals surface area contributed by atoms with Crippen LogP contribution in [0.1, 0.15) is 19.0 Å². The van der Waals surface area contributed by atoms with Crippen molar-refractivity contribution in [3.63, 3.8) is 0 Å². The van der Waals surface area contributed by atoms with Crippen molar-refractivity contribution < 1.29 is 5.11 Å². The van der Waals surface area contributed by atoms with Crippen molar-refractivity contribution in [1.82, 2.24) is 9.78 Å². The molecule has 0 fully saturated rings. The first-order chi connectivity index (χ1) is 8.22. The topological polar surface area (TPSA) is 38.1 Å². The molecule has 0 aliphatic heterocycles. The summed E-state index contributed by atoms with van der Waals surface area (Å²) >= 11 is 1.85. The molecule has 0 spiro atoms. The van der Waals surface area contributed by atoms with Crippen LogP contribution < -0.4 is 0 Å². The number of aliphatic hydroxyl groups is 1. The van der Waals surface area contributed by atoms with Crippen molar-refractivity contribution in [2.24, 2.45) is 7.05 Å². The van der Waals surface area contributed by atoms with Crippen LogP contribution in [0, 0.1) is 0 Å². The lowest BCUT2D eigenvalue weighted by Crippen LogP contribution is -2.00. The first-order valence-electron chi connectivity index (χ1n) is 5.85. The Morgan fingerprint density at radius 2 is 2.18 bits per heavy atom. The highest BCUT2D eigenvalue weighted by atomic mass is 32.2. The Labute approximate surface area is 106 Å². The number of aryl methyl sites for hydroxylation is 1. The van der Waals surface area contributed by atoms with Crippen LogP contribution in [0.25, 0.3) is 10.9 Å². The summed E-state index contributed by atoms with van der Waals surface area (Å²) < 4.78 is 1.93. The van der Waals surface area contributed by atoms with E-state index in [1.54, 1.807) is 0 Å². The smallest absolute Gasteiger partial charge is 0.0802 e. The molecule has 4 heteroatoms. The number of rotatable bonds is 5. The van der Waals surface area contributed by atoms with E-state index >= 15 is 0 Å². The Kier molecular flexibility index (Phi) is 4.07. The molecule has 1 N–H and O–H groups in total. The molecule has 17 heavy (non-hydrogen) atoms. The van der Waals surface area contributed by atoms with E-state index in [9.17, 15) is 0 Å². The minimum atomic E-state index is 0.261. The van der Waals surface area contributed by atoms with Crippen LogP contribution >= 0.6 is 11.8 Å². The molecular formula is C13H18N2OS. The van der Waals surface area contributed by atoms with E-state index in [1.807, 2.05) is 29.6 Å². The fourth-order valence-corrected chi connectivity index (χ4v) is 2.81. The predicted molar refractivity (Wildman–Crippen MR) is 73.2 cm³/mol. The molecule has 2 aromatic rings. The third kappa shape index (κ3) is 2.82. The van der Waals surface area contributed by atoms with Gasteiger partial charge in [0.25, 0.3) is 0 Å². The molecule has 1 heterocycles. The van der Waals surface area contributed by atoms with Crippen LogP contribution in [0.3, 0.4) is 0 Å². The second kappa shape index (κ2) is 5.56. The average molecular weight is 250 g/mol. The van der Waals surface area contributed by atoms with Crippen molar-refractivity contribution >= 4 is 22.7 Å². The fraction of sp³-hybridized carbons (Fsp3) is 0.462. The van der Waals surface area contributed by atoms with Crippen molar-refractivity contribution in [3.05, 3.63) is 30.0 Å². The number of aliphatic hydroxyl groups excluding tert-OH is 1. The molecule has 0 bridgehead atoms. The van der Waals surface area contributed by atoms with Gasteiger partial charge < -0.3 is 5.11 Å². The average Bonchev–Trinajstić information content (AvgIpc) is 2.65. The van der Waals surface area contributed by atoms with Gasteiger partial charge in [0.1, 0.15) is 0 Å². The number of nitrogens with zero attached hydrogens (tertiary/aromatic N) is 2. The molecule has 1 aromatic carbocycles. The summed E-state index contributed by atoms with van der Waals surface area (Å²) in [5.41, 5.74) is 2.32. The van der Waals surface area contributed by atoms with Gasteiger partial charge in [-0.2, -0.15) is 16.9 Å². The molecule has 1 unspecified atom stereocenters. The molecule has 1 atom stereocenters. The molecule has 2 rings (SSSR count). The Bertz CT molecular complexity index is 495. The fourth-order valence-electron chi connectivity index (χ4n) is 1.88. The number of fused-ring (bicyclic) bond motifs is 1. The van der Waals surface area contributed by atoms with E-state index in [2.05, 4.69) is 30.2 Å². The molecule has 92 valence electrons. The van der Waals surface area contributed by atoms with Gasteiger partial charge in [0.15, 0.2) is 0 Å². The zero-order valence-corrected chi connectivity index (χ0v) is 11.1. The Hall–Kier alpha value is -1.00. The number of para-hydroxylation sites is 1. The van der Waals surface area contributed by atoms with Crippen molar-refractivity contribution in [3.8, 4) is 0 Å². The maximum absolute atomic E-state index is 8.88. The lowest BCUT2D eigenvalue weighted by Gasteiger charge is -2.07. The second-order valence-corrected chi connectivity index (χ2v) is 5.65. The summed E-state index contributed by atoms with van der Waals surface area (Å²) in [5.74, 6) is 0.905. The summed E-state index contributed by atoms with van der Waals surface area (Å²) in [6.07, 6.45) is 0.843. The van der Waals surface area contributed by atoms with Crippen molar-refractivity contribution in [2.75, 3.05) is 6.61 Å². The van der Waals surface area contributed by atoms with E-state index in [0.29, 0.717) is 5.25 Å². The Morgan fingerprint density at radius 1 is 1.41 bits per heavy atom. The molecule has 1 aromatic heterocycles. The van der Waals surface area contributed by atoms with Gasteiger partial charge in [-0.1, -0.05) is 25.1 Å². The summed E-state index contributed by atoms with van der Waals surface area (Å²) in [6, 6.07) is 8.30. The van der Waals surface area contributed by atoms with E-state index < -0.39 is 0 Å². The largest absolute Gasteiger partial charge is 0.396 e. The van der Waals surface area contributed by atoms with Gasteiger partial charge in [-0.25, -0.2) is 0 Å². The SMILES string of the molecule is CC(CCO)SCc1nn(C)c2ccccc12. The van der Waals surface area contributed by atoms with Crippen LogP contribution in [0.5, 0.6) is 0 Å². The first-order valence-corrected chi connectivity index (χ1v) is 6.90. The van der Waals surface area contributed by atoms with Crippen molar-refractivity contribution in [1.29, 1.82) is 0 Å². The lowest BCUT2D eigenvalue weighted by atomic mass is 10.2. The molecule has 0 aliphatic carbocycles. The van der Waals surface area contributed by atoms with E-state index in [0.717, 1.165) is 17.9 Å². The zero-order chi connectivity index (χ0) is 12.3. The highest BCUT2D eigenvalue weighted by Crippen LogP contribution is 2.24. The van der Waals surface area contributed by atoms with E-state index in [1.165, 1.54) is 10.9 Å². The minimum Gasteiger partial charge on any atom is -0.396 e. The predicted octanol–water partition coefficient (Wildman–Crippen LogP) is 2.58. The zero-order valence-electron chi connectivity index (χ0n) is 10.3. The number of hydrogen-bond donors (Lipinski definition) is 1. The van der Waals surface area contributed by atoms with E-state index in [-0.39, 0.29) is 6.61 Å². The Balaban J connectivity index is 2.13.